The Bertz CT molecular complexity index is 2000. The first-order chi connectivity index (χ1) is 19.4. The van der Waals surface area contributed by atoms with Crippen LogP contribution in [0.5, 0.6) is 5.75 Å². The van der Waals surface area contributed by atoms with Crippen LogP contribution in [0, 0.1) is 0 Å². The number of oxazole rings is 1. The SMILES string of the molecule is COc1ccc(N2C(=O)c3ccc(C(=O)O)cc3C2=O)cc1-c1nc2cc(-c3cc4ccccc4o3)ccc2o1. The molecule has 0 saturated heterocycles. The third kappa shape index (κ3) is 3.56. The Hall–Kier alpha value is -5.70. The Morgan fingerprint density at radius 1 is 0.825 bits per heavy atom. The minimum Gasteiger partial charge on any atom is -0.496 e. The molecule has 40 heavy (non-hydrogen) atoms. The first kappa shape index (κ1) is 23.4. The van der Waals surface area contributed by atoms with E-state index in [2.05, 4.69) is 4.98 Å². The third-order valence-electron chi connectivity index (χ3n) is 6.90. The second-order valence-corrected chi connectivity index (χ2v) is 9.25. The van der Waals surface area contributed by atoms with E-state index >= 15 is 0 Å². The lowest BCUT2D eigenvalue weighted by atomic mass is 10.1. The van der Waals surface area contributed by atoms with Gasteiger partial charge in [-0.05, 0) is 66.7 Å². The van der Waals surface area contributed by atoms with Crippen molar-refractivity contribution >= 4 is 45.5 Å². The van der Waals surface area contributed by atoms with Crippen LogP contribution in [-0.4, -0.2) is 35.0 Å². The quantitative estimate of drug-likeness (QED) is 0.254. The number of nitrogens with zero attached hydrogens (tertiary/aromatic N) is 2. The highest BCUT2D eigenvalue weighted by Gasteiger charge is 2.37. The molecule has 4 aromatic carbocycles. The predicted molar refractivity (Wildman–Crippen MR) is 146 cm³/mol. The monoisotopic (exact) mass is 530 g/mol. The van der Waals surface area contributed by atoms with E-state index in [1.165, 1.54) is 25.3 Å². The molecule has 0 atom stereocenters. The maximum absolute atomic E-state index is 13.2. The van der Waals surface area contributed by atoms with E-state index in [1.54, 1.807) is 24.3 Å². The fourth-order valence-electron chi connectivity index (χ4n) is 4.93. The van der Waals surface area contributed by atoms with Gasteiger partial charge in [0.1, 0.15) is 22.6 Å². The van der Waals surface area contributed by atoms with E-state index < -0.39 is 17.8 Å². The number of rotatable bonds is 5. The number of carboxylic acids is 1. The molecule has 0 bridgehead atoms. The summed E-state index contributed by atoms with van der Waals surface area (Å²) in [6, 6.07) is 23.9. The Morgan fingerprint density at radius 3 is 2.45 bits per heavy atom. The Kier molecular flexibility index (Phi) is 5.08. The van der Waals surface area contributed by atoms with Gasteiger partial charge in [0.05, 0.1) is 35.1 Å². The largest absolute Gasteiger partial charge is 0.496 e. The van der Waals surface area contributed by atoms with E-state index in [0.29, 0.717) is 28.2 Å². The Balaban J connectivity index is 1.28. The summed E-state index contributed by atoms with van der Waals surface area (Å²) in [6.45, 7) is 0. The fraction of sp³-hybridized carbons (Fsp3) is 0.0323. The highest BCUT2D eigenvalue weighted by atomic mass is 16.5. The number of benzene rings is 4. The summed E-state index contributed by atoms with van der Waals surface area (Å²) in [5.41, 5.74) is 3.52. The van der Waals surface area contributed by atoms with Gasteiger partial charge in [0.15, 0.2) is 5.58 Å². The van der Waals surface area contributed by atoms with Gasteiger partial charge in [0.2, 0.25) is 5.89 Å². The number of aromatic carboxylic acids is 1. The molecule has 1 aliphatic heterocycles. The lowest BCUT2D eigenvalue weighted by Crippen LogP contribution is -2.29. The van der Waals surface area contributed by atoms with Gasteiger partial charge in [0.25, 0.3) is 11.8 Å². The molecule has 1 aliphatic rings. The van der Waals surface area contributed by atoms with Crippen molar-refractivity contribution in [2.45, 2.75) is 0 Å². The maximum Gasteiger partial charge on any atom is 0.335 e. The molecular weight excluding hydrogens is 512 g/mol. The second kappa shape index (κ2) is 8.67. The average Bonchev–Trinajstić information content (AvgIpc) is 3.66. The van der Waals surface area contributed by atoms with E-state index in [0.717, 1.165) is 21.4 Å². The number of imide groups is 1. The molecule has 194 valence electrons. The minimum absolute atomic E-state index is 0.0299. The fourth-order valence-corrected chi connectivity index (χ4v) is 4.93. The molecule has 0 saturated carbocycles. The number of carbonyl (C=O) groups excluding carboxylic acids is 2. The van der Waals surface area contributed by atoms with Gasteiger partial charge >= 0.3 is 5.97 Å². The van der Waals surface area contributed by atoms with Crippen LogP contribution in [0.1, 0.15) is 31.1 Å². The molecule has 0 fully saturated rings. The van der Waals surface area contributed by atoms with Crippen molar-refractivity contribution in [1.82, 2.24) is 4.98 Å². The molecule has 9 heteroatoms. The minimum atomic E-state index is -1.19. The summed E-state index contributed by atoms with van der Waals surface area (Å²) in [6.07, 6.45) is 0. The number of ether oxygens (including phenoxy) is 1. The molecule has 1 N–H and O–H groups in total. The number of carbonyl (C=O) groups is 3. The first-order valence-corrected chi connectivity index (χ1v) is 12.3. The van der Waals surface area contributed by atoms with Gasteiger partial charge < -0.3 is 18.7 Å². The van der Waals surface area contributed by atoms with Crippen molar-refractivity contribution in [1.29, 1.82) is 0 Å². The lowest BCUT2D eigenvalue weighted by Gasteiger charge is -2.16. The summed E-state index contributed by atoms with van der Waals surface area (Å²) in [5.74, 6) is -0.997. The van der Waals surface area contributed by atoms with Crippen LogP contribution < -0.4 is 9.64 Å². The number of hydrogen-bond acceptors (Lipinski definition) is 7. The number of fused-ring (bicyclic) bond motifs is 3. The lowest BCUT2D eigenvalue weighted by molar-refractivity contribution is 0.0696. The van der Waals surface area contributed by atoms with Gasteiger partial charge in [-0.2, -0.15) is 0 Å². The third-order valence-corrected chi connectivity index (χ3v) is 6.90. The number of para-hydroxylation sites is 1. The molecule has 0 aliphatic carbocycles. The Labute approximate surface area is 225 Å². The predicted octanol–water partition coefficient (Wildman–Crippen LogP) is 6.42. The number of amides is 2. The summed E-state index contributed by atoms with van der Waals surface area (Å²) in [7, 11) is 1.50. The van der Waals surface area contributed by atoms with Crippen molar-refractivity contribution in [2.75, 3.05) is 12.0 Å². The molecule has 0 spiro atoms. The second-order valence-electron chi connectivity index (χ2n) is 9.25. The van der Waals surface area contributed by atoms with E-state index in [9.17, 15) is 19.5 Å². The van der Waals surface area contributed by atoms with Crippen LogP contribution in [0.3, 0.4) is 0 Å². The number of furan rings is 1. The van der Waals surface area contributed by atoms with Gasteiger partial charge in [0, 0.05) is 10.9 Å². The van der Waals surface area contributed by atoms with E-state index in [1.807, 2.05) is 42.5 Å². The van der Waals surface area contributed by atoms with Gasteiger partial charge in [-0.1, -0.05) is 18.2 Å². The van der Waals surface area contributed by atoms with Crippen molar-refractivity contribution in [3.63, 3.8) is 0 Å². The molecule has 2 aromatic heterocycles. The van der Waals surface area contributed by atoms with Crippen LogP contribution in [0.2, 0.25) is 0 Å². The molecule has 0 unspecified atom stereocenters. The zero-order valence-electron chi connectivity index (χ0n) is 20.9. The van der Waals surface area contributed by atoms with Gasteiger partial charge in [-0.15, -0.1) is 0 Å². The molecule has 2 amide bonds. The normalized spacial score (nSPS) is 12.9. The smallest absolute Gasteiger partial charge is 0.335 e. The number of hydrogen-bond donors (Lipinski definition) is 1. The topological polar surface area (TPSA) is 123 Å². The van der Waals surface area contributed by atoms with Crippen LogP contribution in [0.25, 0.3) is 44.8 Å². The van der Waals surface area contributed by atoms with Crippen molar-refractivity contribution in [3.8, 4) is 28.5 Å². The summed E-state index contributed by atoms with van der Waals surface area (Å²) in [5, 5.41) is 10.3. The number of carboxylic acid groups (broad SMARTS) is 1. The molecule has 7 rings (SSSR count). The molecular formula is C31H18N2O7. The highest BCUT2D eigenvalue weighted by Crippen LogP contribution is 2.38. The number of methoxy groups -OCH3 is 1. The molecule has 0 radical (unpaired) electrons. The number of aromatic nitrogens is 1. The van der Waals surface area contributed by atoms with Crippen LogP contribution in [0.15, 0.2) is 93.8 Å². The van der Waals surface area contributed by atoms with Gasteiger partial charge in [-0.3, -0.25) is 9.59 Å². The zero-order valence-corrected chi connectivity index (χ0v) is 20.9. The van der Waals surface area contributed by atoms with E-state index in [4.69, 9.17) is 13.6 Å². The van der Waals surface area contributed by atoms with Crippen LogP contribution >= 0.6 is 0 Å². The standard InChI is InChI=1S/C31H18N2O7/c1-38-25-11-8-19(33-29(34)20-9-6-18(31(36)37)12-21(20)30(33)35)15-22(25)28-32-23-13-17(7-10-26(23)40-28)27-14-16-4-2-3-5-24(16)39-27/h2-15H,1H3,(H,36,37). The molecule has 9 nitrogen and oxygen atoms in total. The molecule has 3 heterocycles. The highest BCUT2D eigenvalue weighted by molar-refractivity contribution is 6.34. The van der Waals surface area contributed by atoms with Crippen molar-refractivity contribution in [2.24, 2.45) is 0 Å². The van der Waals surface area contributed by atoms with Gasteiger partial charge in [-0.25, -0.2) is 14.7 Å². The van der Waals surface area contributed by atoms with Crippen molar-refractivity contribution < 1.29 is 33.1 Å². The average molecular weight is 530 g/mol. The number of anilines is 1. The first-order valence-electron chi connectivity index (χ1n) is 12.3. The summed E-state index contributed by atoms with van der Waals surface area (Å²) in [4.78, 5) is 43.4. The summed E-state index contributed by atoms with van der Waals surface area (Å²) >= 11 is 0. The zero-order chi connectivity index (χ0) is 27.5. The Morgan fingerprint density at radius 2 is 1.65 bits per heavy atom. The van der Waals surface area contributed by atoms with Crippen LogP contribution in [0.4, 0.5) is 5.69 Å². The summed E-state index contributed by atoms with van der Waals surface area (Å²) < 4.78 is 17.6. The van der Waals surface area contributed by atoms with E-state index in [-0.39, 0.29) is 28.3 Å². The van der Waals surface area contributed by atoms with Crippen molar-refractivity contribution in [3.05, 3.63) is 102 Å². The maximum atomic E-state index is 13.2. The molecule has 6 aromatic rings. The van der Waals surface area contributed by atoms with Crippen LogP contribution in [-0.2, 0) is 0 Å².